The number of aromatic nitrogens is 5. The molecule has 3 aromatic heterocycles. The summed E-state index contributed by atoms with van der Waals surface area (Å²) in [5.74, 6) is 0.0692. The first-order valence-electron chi connectivity index (χ1n) is 7.66. The van der Waals surface area contributed by atoms with Crippen molar-refractivity contribution in [3.05, 3.63) is 47.9 Å². The molecule has 24 heavy (non-hydrogen) atoms. The van der Waals surface area contributed by atoms with Crippen molar-refractivity contribution in [2.24, 2.45) is 0 Å². The molecule has 124 valence electrons. The van der Waals surface area contributed by atoms with Gasteiger partial charge in [0.25, 0.3) is 5.89 Å². The molecule has 1 atom stereocenters. The molecule has 8 nitrogen and oxygen atoms in total. The summed E-state index contributed by atoms with van der Waals surface area (Å²) in [6.07, 6.45) is 4.40. The molecule has 0 radical (unpaired) electrons. The van der Waals surface area contributed by atoms with E-state index in [-0.39, 0.29) is 11.6 Å². The fourth-order valence-electron chi connectivity index (χ4n) is 2.15. The highest BCUT2D eigenvalue weighted by Crippen LogP contribution is 2.20. The molecule has 3 rings (SSSR count). The van der Waals surface area contributed by atoms with E-state index in [1.807, 2.05) is 6.07 Å². The maximum atomic E-state index is 12.1. The van der Waals surface area contributed by atoms with Gasteiger partial charge in [-0.15, -0.1) is 0 Å². The molecule has 1 N–H and O–H groups in total. The van der Waals surface area contributed by atoms with Crippen LogP contribution in [0.2, 0.25) is 0 Å². The van der Waals surface area contributed by atoms with Crippen molar-refractivity contribution >= 4 is 5.97 Å². The van der Waals surface area contributed by atoms with E-state index in [2.05, 4.69) is 32.2 Å². The first-order valence-corrected chi connectivity index (χ1v) is 7.66. The number of ether oxygens (including phenoxy) is 1. The Morgan fingerprint density at radius 2 is 2.33 bits per heavy atom. The van der Waals surface area contributed by atoms with Crippen molar-refractivity contribution in [3.8, 4) is 11.4 Å². The molecule has 0 bridgehead atoms. The van der Waals surface area contributed by atoms with E-state index in [4.69, 9.17) is 9.26 Å². The lowest BCUT2D eigenvalue weighted by Gasteiger charge is -2.06. The van der Waals surface area contributed by atoms with Gasteiger partial charge in [0.1, 0.15) is 0 Å². The van der Waals surface area contributed by atoms with Crippen LogP contribution in [0.4, 0.5) is 0 Å². The molecule has 0 aliphatic heterocycles. The Morgan fingerprint density at radius 3 is 3.08 bits per heavy atom. The molecular weight excluding hydrogens is 310 g/mol. The second kappa shape index (κ2) is 7.03. The maximum absolute atomic E-state index is 12.1. The summed E-state index contributed by atoms with van der Waals surface area (Å²) in [6, 6.07) is 5.28. The first-order chi connectivity index (χ1) is 11.7. The number of carbonyl (C=O) groups excluding carboxylic acids is 1. The third-order valence-corrected chi connectivity index (χ3v) is 3.35. The van der Waals surface area contributed by atoms with Gasteiger partial charge >= 0.3 is 5.97 Å². The summed E-state index contributed by atoms with van der Waals surface area (Å²) >= 11 is 0. The number of nitrogens with zero attached hydrogens (tertiary/aromatic N) is 4. The highest BCUT2D eigenvalue weighted by Gasteiger charge is 2.21. The third kappa shape index (κ3) is 3.48. The molecule has 0 aliphatic rings. The molecule has 0 aromatic carbocycles. The van der Waals surface area contributed by atoms with Gasteiger partial charge in [-0.25, -0.2) is 4.79 Å². The van der Waals surface area contributed by atoms with Crippen molar-refractivity contribution in [2.75, 3.05) is 0 Å². The van der Waals surface area contributed by atoms with Crippen LogP contribution in [0.5, 0.6) is 0 Å². The Bertz CT molecular complexity index is 812. The second-order valence-corrected chi connectivity index (χ2v) is 5.27. The Hall–Kier alpha value is -3.03. The highest BCUT2D eigenvalue weighted by molar-refractivity contribution is 5.87. The Balaban J connectivity index is 1.67. The summed E-state index contributed by atoms with van der Waals surface area (Å²) in [6.45, 7) is 3.72. The van der Waals surface area contributed by atoms with Crippen molar-refractivity contribution in [2.45, 2.75) is 32.8 Å². The topological polar surface area (TPSA) is 107 Å². The lowest BCUT2D eigenvalue weighted by Crippen LogP contribution is -2.10. The van der Waals surface area contributed by atoms with E-state index in [9.17, 15) is 4.79 Å². The zero-order valence-corrected chi connectivity index (χ0v) is 13.4. The minimum Gasteiger partial charge on any atom is -0.448 e. The predicted octanol–water partition coefficient (Wildman–Crippen LogP) is 2.73. The minimum absolute atomic E-state index is 0.214. The van der Waals surface area contributed by atoms with Gasteiger partial charge in [-0.05, 0) is 31.5 Å². The Morgan fingerprint density at radius 1 is 1.46 bits per heavy atom. The fourth-order valence-corrected chi connectivity index (χ4v) is 2.15. The molecule has 0 aliphatic carbocycles. The van der Waals surface area contributed by atoms with Crippen LogP contribution in [-0.2, 0) is 11.2 Å². The van der Waals surface area contributed by atoms with Crippen LogP contribution in [0.1, 0.15) is 48.4 Å². The van der Waals surface area contributed by atoms with E-state index >= 15 is 0 Å². The zero-order valence-electron chi connectivity index (χ0n) is 13.4. The Labute approximate surface area is 138 Å². The molecule has 3 heterocycles. The number of hydrogen-bond acceptors (Lipinski definition) is 7. The number of carbonyl (C=O) groups is 1. The van der Waals surface area contributed by atoms with Gasteiger partial charge in [-0.2, -0.15) is 10.1 Å². The van der Waals surface area contributed by atoms with E-state index in [0.29, 0.717) is 5.82 Å². The zero-order chi connectivity index (χ0) is 16.9. The SMILES string of the molecule is CCCc1cc(C(=O)OC(C)c2nc(-c3cccnc3)no2)n[nH]1. The van der Waals surface area contributed by atoms with Gasteiger partial charge in [0.15, 0.2) is 11.8 Å². The fraction of sp³-hybridized carbons (Fsp3) is 0.312. The van der Waals surface area contributed by atoms with Crippen LogP contribution in [0.25, 0.3) is 11.4 Å². The summed E-state index contributed by atoms with van der Waals surface area (Å²) in [7, 11) is 0. The maximum Gasteiger partial charge on any atom is 0.359 e. The van der Waals surface area contributed by atoms with Gasteiger partial charge in [0.2, 0.25) is 5.82 Å². The summed E-state index contributed by atoms with van der Waals surface area (Å²) in [5.41, 5.74) is 1.86. The summed E-state index contributed by atoms with van der Waals surface area (Å²) in [5, 5.41) is 10.7. The van der Waals surface area contributed by atoms with Gasteiger partial charge in [-0.1, -0.05) is 18.5 Å². The van der Waals surface area contributed by atoms with Crippen LogP contribution >= 0.6 is 0 Å². The molecule has 0 fully saturated rings. The number of aromatic amines is 1. The van der Waals surface area contributed by atoms with E-state index in [0.717, 1.165) is 24.1 Å². The molecule has 8 heteroatoms. The van der Waals surface area contributed by atoms with E-state index in [1.165, 1.54) is 0 Å². The van der Waals surface area contributed by atoms with E-state index < -0.39 is 12.1 Å². The normalized spacial score (nSPS) is 12.1. The first kappa shape index (κ1) is 15.9. The average molecular weight is 327 g/mol. The van der Waals surface area contributed by atoms with Gasteiger partial charge in [0, 0.05) is 23.7 Å². The number of nitrogens with one attached hydrogen (secondary N) is 1. The number of rotatable bonds is 6. The number of H-pyrrole nitrogens is 1. The molecule has 1 unspecified atom stereocenters. The summed E-state index contributed by atoms with van der Waals surface area (Å²) < 4.78 is 10.5. The largest absolute Gasteiger partial charge is 0.448 e. The van der Waals surface area contributed by atoms with Crippen molar-refractivity contribution in [3.63, 3.8) is 0 Å². The quantitative estimate of drug-likeness (QED) is 0.694. The molecule has 3 aromatic rings. The average Bonchev–Trinajstić information content (AvgIpc) is 3.25. The number of hydrogen-bond donors (Lipinski definition) is 1. The number of esters is 1. The van der Waals surface area contributed by atoms with Crippen LogP contribution in [0.15, 0.2) is 35.1 Å². The molecule has 0 spiro atoms. The molecular formula is C16H17N5O3. The summed E-state index contributed by atoms with van der Waals surface area (Å²) in [4.78, 5) is 20.4. The lowest BCUT2D eigenvalue weighted by atomic mass is 10.2. The predicted molar refractivity (Wildman–Crippen MR) is 83.9 cm³/mol. The molecule has 0 amide bonds. The van der Waals surface area contributed by atoms with Crippen molar-refractivity contribution < 1.29 is 14.1 Å². The van der Waals surface area contributed by atoms with Crippen molar-refractivity contribution in [1.29, 1.82) is 0 Å². The lowest BCUT2D eigenvalue weighted by molar-refractivity contribution is 0.0258. The monoisotopic (exact) mass is 327 g/mol. The molecule has 0 saturated heterocycles. The standard InChI is InChI=1S/C16H17N5O3/c1-3-5-12-8-13(20-19-12)16(22)23-10(2)15-18-14(21-24-15)11-6-4-7-17-9-11/h4,6-10H,3,5H2,1-2H3,(H,19,20). The van der Waals surface area contributed by atoms with E-state index in [1.54, 1.807) is 31.5 Å². The van der Waals surface area contributed by atoms with Gasteiger partial charge in [-0.3, -0.25) is 10.1 Å². The number of aryl methyl sites for hydroxylation is 1. The van der Waals surface area contributed by atoms with Gasteiger partial charge < -0.3 is 9.26 Å². The van der Waals surface area contributed by atoms with Crippen LogP contribution in [-0.4, -0.2) is 31.3 Å². The smallest absolute Gasteiger partial charge is 0.359 e. The van der Waals surface area contributed by atoms with Crippen LogP contribution in [0, 0.1) is 0 Å². The van der Waals surface area contributed by atoms with Crippen LogP contribution in [0.3, 0.4) is 0 Å². The van der Waals surface area contributed by atoms with Crippen molar-refractivity contribution in [1.82, 2.24) is 25.3 Å². The molecule has 0 saturated carbocycles. The van der Waals surface area contributed by atoms with Gasteiger partial charge in [0.05, 0.1) is 0 Å². The second-order valence-electron chi connectivity index (χ2n) is 5.27. The minimum atomic E-state index is -0.679. The van der Waals surface area contributed by atoms with Crippen LogP contribution < -0.4 is 0 Å². The third-order valence-electron chi connectivity index (χ3n) is 3.35. The highest BCUT2D eigenvalue weighted by atomic mass is 16.6. The Kier molecular flexibility index (Phi) is 4.64. The number of pyridine rings is 1.